The highest BCUT2D eigenvalue weighted by Gasteiger charge is 2.81. The first-order chi connectivity index (χ1) is 15.9. The highest BCUT2D eigenvalue weighted by molar-refractivity contribution is 6.18. The van der Waals surface area contributed by atoms with E-state index in [1.165, 1.54) is 6.07 Å². The number of hydrogen-bond donors (Lipinski definition) is 2. The van der Waals surface area contributed by atoms with E-state index in [1.807, 2.05) is 53.7 Å². The summed E-state index contributed by atoms with van der Waals surface area (Å²) in [5, 5.41) is 21.4. The number of Topliss-reactive ketones (excluding diaryl/α,β-unsaturated/α-hetero) is 2. The summed E-state index contributed by atoms with van der Waals surface area (Å²) in [6.07, 6.45) is 6.78. The Hall–Kier alpha value is -2.86. The molecule has 6 heteroatoms. The monoisotopic (exact) mass is 464 g/mol. The average molecular weight is 465 g/mol. The van der Waals surface area contributed by atoms with Gasteiger partial charge in [-0.05, 0) is 54.4 Å². The van der Waals surface area contributed by atoms with Crippen LogP contribution in [-0.2, 0) is 16.0 Å². The molecule has 1 saturated carbocycles. The number of hydrogen-bond acceptors (Lipinski definition) is 6. The minimum absolute atomic E-state index is 0.0430. The molecule has 6 nitrogen and oxygen atoms in total. The van der Waals surface area contributed by atoms with Crippen LogP contribution in [0.4, 0.5) is 0 Å². The molecule has 4 atom stereocenters. The van der Waals surface area contributed by atoms with Gasteiger partial charge in [0.1, 0.15) is 22.8 Å². The zero-order chi connectivity index (χ0) is 24.8. The number of fused-ring (bicyclic) bond motifs is 1. The first-order valence-corrected chi connectivity index (χ1v) is 11.9. The molecule has 1 unspecified atom stereocenters. The second kappa shape index (κ2) is 7.08. The maximum Gasteiger partial charge on any atom is 0.200 e. The first-order valence-electron chi connectivity index (χ1n) is 11.9. The standard InChI is InChI=1S/C28H32O6/c1-14(2)7-8-17-19(29)13-20(30)22-23(31)18-11-16-12-21-26(5,6)34-27(25(16)32,10-9-15(3)4)28(18,21)33-24(17)22/h7,9,11,13,16,21,29-30H,8,10,12H2,1-6H3/t16-,21?,27+,28-/m1/s1. The van der Waals surface area contributed by atoms with Crippen molar-refractivity contribution in [3.8, 4) is 17.2 Å². The molecule has 0 radical (unpaired) electrons. The fourth-order valence-corrected chi connectivity index (χ4v) is 6.48. The lowest BCUT2D eigenvalue weighted by Gasteiger charge is -2.56. The number of ether oxygens (including phenoxy) is 2. The normalized spacial score (nSPS) is 31.9. The van der Waals surface area contributed by atoms with Gasteiger partial charge in [0, 0.05) is 35.5 Å². The van der Waals surface area contributed by atoms with Crippen LogP contribution < -0.4 is 4.74 Å². The Bertz CT molecular complexity index is 1220. The number of phenols is 2. The van der Waals surface area contributed by atoms with Crippen LogP contribution in [0.1, 0.15) is 70.3 Å². The number of phenolic OH excluding ortho intramolecular Hbond substituents is 2. The molecular weight excluding hydrogens is 432 g/mol. The van der Waals surface area contributed by atoms with Gasteiger partial charge < -0.3 is 19.7 Å². The lowest BCUT2D eigenvalue weighted by atomic mass is 9.51. The van der Waals surface area contributed by atoms with Crippen LogP contribution in [0, 0.1) is 11.8 Å². The van der Waals surface area contributed by atoms with Gasteiger partial charge in [-0.3, -0.25) is 9.59 Å². The van der Waals surface area contributed by atoms with E-state index < -0.39 is 22.7 Å². The first kappa shape index (κ1) is 22.9. The van der Waals surface area contributed by atoms with Crippen molar-refractivity contribution in [1.82, 2.24) is 0 Å². The van der Waals surface area contributed by atoms with E-state index in [4.69, 9.17) is 9.47 Å². The van der Waals surface area contributed by atoms with Crippen LogP contribution in [0.3, 0.4) is 0 Å². The molecule has 5 aliphatic rings. The van der Waals surface area contributed by atoms with Crippen molar-refractivity contribution in [2.24, 2.45) is 11.8 Å². The van der Waals surface area contributed by atoms with Gasteiger partial charge in [0.05, 0.1) is 5.60 Å². The smallest absolute Gasteiger partial charge is 0.200 e. The second-order valence-electron chi connectivity index (χ2n) is 11.1. The van der Waals surface area contributed by atoms with Crippen LogP contribution in [-0.4, -0.2) is 38.6 Å². The Morgan fingerprint density at radius 2 is 1.76 bits per heavy atom. The number of aromatic hydroxyl groups is 2. The highest BCUT2D eigenvalue weighted by atomic mass is 16.6. The van der Waals surface area contributed by atoms with Crippen molar-refractivity contribution in [3.63, 3.8) is 0 Å². The summed E-state index contributed by atoms with van der Waals surface area (Å²) in [5.41, 5.74) is -0.450. The Morgan fingerprint density at radius 1 is 1.09 bits per heavy atom. The predicted octanol–water partition coefficient (Wildman–Crippen LogP) is 4.97. The summed E-state index contributed by atoms with van der Waals surface area (Å²) in [7, 11) is 0. The SMILES string of the molecule is CC(C)=CCc1c(O)cc(O)c2c1O[C@]13C(=C[C@@H]4CC1C(C)(C)O[C@@]3(CC=C(C)C)C4=O)C2=O. The number of carbonyl (C=O) groups is 2. The zero-order valence-electron chi connectivity index (χ0n) is 20.6. The highest BCUT2D eigenvalue weighted by Crippen LogP contribution is 2.68. The van der Waals surface area contributed by atoms with Gasteiger partial charge in [-0.15, -0.1) is 0 Å². The Balaban J connectivity index is 1.81. The number of benzene rings is 1. The second-order valence-corrected chi connectivity index (χ2v) is 11.1. The minimum Gasteiger partial charge on any atom is -0.507 e. The molecule has 2 fully saturated rings. The van der Waals surface area contributed by atoms with Gasteiger partial charge in [0.2, 0.25) is 0 Å². The third-order valence-corrected chi connectivity index (χ3v) is 7.95. The number of ketones is 2. The van der Waals surface area contributed by atoms with Crippen molar-refractivity contribution >= 4 is 11.6 Å². The van der Waals surface area contributed by atoms with Crippen LogP contribution in [0.2, 0.25) is 0 Å². The lowest BCUT2D eigenvalue weighted by molar-refractivity contribution is -0.171. The molecule has 2 aliphatic heterocycles. The van der Waals surface area contributed by atoms with Crippen LogP contribution in [0.5, 0.6) is 17.2 Å². The van der Waals surface area contributed by atoms with E-state index in [0.29, 0.717) is 30.4 Å². The van der Waals surface area contributed by atoms with E-state index in [9.17, 15) is 19.8 Å². The molecule has 6 rings (SSSR count). The topological polar surface area (TPSA) is 93.1 Å². The number of carbonyl (C=O) groups excluding carboxylic acids is 2. The third kappa shape index (κ3) is 2.72. The summed E-state index contributed by atoms with van der Waals surface area (Å²) < 4.78 is 13.5. The zero-order valence-corrected chi connectivity index (χ0v) is 20.6. The summed E-state index contributed by atoms with van der Waals surface area (Å²) >= 11 is 0. The molecule has 34 heavy (non-hydrogen) atoms. The molecule has 1 spiro atoms. The fourth-order valence-electron chi connectivity index (χ4n) is 6.48. The fraction of sp³-hybridized carbons (Fsp3) is 0.500. The van der Waals surface area contributed by atoms with Crippen LogP contribution in [0.15, 0.2) is 41.0 Å². The number of rotatable bonds is 4. The van der Waals surface area contributed by atoms with E-state index in [1.54, 1.807) is 6.08 Å². The Kier molecular flexibility index (Phi) is 4.77. The van der Waals surface area contributed by atoms with Crippen LogP contribution >= 0.6 is 0 Å². The summed E-state index contributed by atoms with van der Waals surface area (Å²) in [5.74, 6) is -1.43. The summed E-state index contributed by atoms with van der Waals surface area (Å²) in [4.78, 5) is 27.9. The molecule has 0 amide bonds. The molecule has 1 saturated heterocycles. The Labute approximate surface area is 200 Å². The van der Waals surface area contributed by atoms with Crippen molar-refractivity contribution < 1.29 is 29.3 Å². The lowest BCUT2D eigenvalue weighted by Crippen LogP contribution is -2.72. The molecule has 4 bridgehead atoms. The molecule has 1 aromatic carbocycles. The maximum absolute atomic E-state index is 14.0. The van der Waals surface area contributed by atoms with Gasteiger partial charge in [-0.2, -0.15) is 0 Å². The van der Waals surface area contributed by atoms with Crippen molar-refractivity contribution in [2.75, 3.05) is 0 Å². The summed E-state index contributed by atoms with van der Waals surface area (Å²) in [6, 6.07) is 1.20. The average Bonchev–Trinajstić information content (AvgIpc) is 2.89. The third-order valence-electron chi connectivity index (χ3n) is 7.95. The maximum atomic E-state index is 14.0. The molecule has 0 aromatic heterocycles. The van der Waals surface area contributed by atoms with Crippen LogP contribution in [0.25, 0.3) is 0 Å². The van der Waals surface area contributed by atoms with Gasteiger partial charge in [-0.1, -0.05) is 29.4 Å². The van der Waals surface area contributed by atoms with E-state index in [2.05, 4.69) is 0 Å². The molecule has 180 valence electrons. The van der Waals surface area contributed by atoms with Crippen molar-refractivity contribution in [3.05, 3.63) is 52.1 Å². The van der Waals surface area contributed by atoms with Gasteiger partial charge in [0.15, 0.2) is 22.8 Å². The van der Waals surface area contributed by atoms with Gasteiger partial charge in [-0.25, -0.2) is 0 Å². The van der Waals surface area contributed by atoms with Crippen molar-refractivity contribution in [1.29, 1.82) is 0 Å². The molecule has 3 aliphatic carbocycles. The molecular formula is C28H32O6. The van der Waals surface area contributed by atoms with E-state index in [-0.39, 0.29) is 40.3 Å². The van der Waals surface area contributed by atoms with Gasteiger partial charge >= 0.3 is 0 Å². The van der Waals surface area contributed by atoms with E-state index in [0.717, 1.165) is 11.1 Å². The summed E-state index contributed by atoms with van der Waals surface area (Å²) in [6.45, 7) is 11.7. The predicted molar refractivity (Wildman–Crippen MR) is 127 cm³/mol. The van der Waals surface area contributed by atoms with Gasteiger partial charge in [0.25, 0.3) is 0 Å². The quantitative estimate of drug-likeness (QED) is 0.611. The largest absolute Gasteiger partial charge is 0.507 e. The number of allylic oxidation sites excluding steroid dienone is 4. The molecule has 2 N–H and O–H groups in total. The molecule has 2 heterocycles. The Morgan fingerprint density at radius 3 is 2.41 bits per heavy atom. The minimum atomic E-state index is -1.35. The van der Waals surface area contributed by atoms with Crippen molar-refractivity contribution in [2.45, 2.75) is 77.6 Å². The molecule has 1 aromatic rings. The van der Waals surface area contributed by atoms with E-state index >= 15 is 0 Å².